The molecule has 1 aliphatic heterocycles. The topological polar surface area (TPSA) is 72.9 Å². The van der Waals surface area contributed by atoms with Crippen LogP contribution in [-0.2, 0) is 9.53 Å². The first kappa shape index (κ1) is 20.9. The van der Waals surface area contributed by atoms with Gasteiger partial charge in [0.15, 0.2) is 6.29 Å². The minimum absolute atomic E-state index is 0.0474. The van der Waals surface area contributed by atoms with Crippen molar-refractivity contribution in [1.82, 2.24) is 4.90 Å². The van der Waals surface area contributed by atoms with Gasteiger partial charge in [0.25, 0.3) is 0 Å². The fourth-order valence-corrected chi connectivity index (χ4v) is 4.75. The van der Waals surface area contributed by atoms with Crippen LogP contribution in [0.4, 0.5) is 4.79 Å². The highest BCUT2D eigenvalue weighted by Gasteiger charge is 2.38. The van der Waals surface area contributed by atoms with Crippen LogP contribution in [0.5, 0.6) is 5.75 Å². The maximum absolute atomic E-state index is 13.0. The summed E-state index contributed by atoms with van der Waals surface area (Å²) >= 11 is 0. The normalized spacial score (nSPS) is 16.7. The van der Waals surface area contributed by atoms with Gasteiger partial charge >= 0.3 is 12.1 Å². The number of hydrogen-bond donors (Lipinski definition) is 0. The molecule has 1 heterocycles. The van der Waals surface area contributed by atoms with Crippen molar-refractivity contribution in [2.75, 3.05) is 13.2 Å². The largest absolute Gasteiger partial charge is 0.448 e. The zero-order chi connectivity index (χ0) is 22.8. The Morgan fingerprint density at radius 3 is 2.24 bits per heavy atom. The summed E-state index contributed by atoms with van der Waals surface area (Å²) in [5.41, 5.74) is 4.87. The van der Waals surface area contributed by atoms with E-state index in [1.807, 2.05) is 24.3 Å². The summed E-state index contributed by atoms with van der Waals surface area (Å²) < 4.78 is 11.2. The lowest BCUT2D eigenvalue weighted by Gasteiger charge is -2.24. The first-order valence-electron chi connectivity index (χ1n) is 11.0. The van der Waals surface area contributed by atoms with E-state index in [9.17, 15) is 14.4 Å². The highest BCUT2D eigenvalue weighted by molar-refractivity contribution is 5.86. The van der Waals surface area contributed by atoms with Gasteiger partial charge in [-0.1, -0.05) is 60.7 Å². The van der Waals surface area contributed by atoms with Crippen molar-refractivity contribution in [3.8, 4) is 16.9 Å². The summed E-state index contributed by atoms with van der Waals surface area (Å²) in [6.07, 6.45) is 1.28. The van der Waals surface area contributed by atoms with Gasteiger partial charge in [0.05, 0.1) is 5.56 Å². The monoisotopic (exact) mass is 441 g/mol. The van der Waals surface area contributed by atoms with E-state index in [4.69, 9.17) is 9.47 Å². The molecule has 166 valence electrons. The quantitative estimate of drug-likeness (QED) is 0.323. The predicted octanol–water partition coefficient (Wildman–Crippen LogP) is 4.82. The number of ether oxygens (including phenoxy) is 2. The molecule has 0 aromatic heterocycles. The number of rotatable bonds is 5. The van der Waals surface area contributed by atoms with Crippen molar-refractivity contribution in [2.24, 2.45) is 0 Å². The van der Waals surface area contributed by atoms with E-state index in [0.29, 0.717) is 25.7 Å². The van der Waals surface area contributed by atoms with Crippen molar-refractivity contribution in [3.05, 3.63) is 89.5 Å². The van der Waals surface area contributed by atoms with Gasteiger partial charge in [-0.05, 0) is 47.2 Å². The molecule has 0 unspecified atom stereocenters. The third-order valence-corrected chi connectivity index (χ3v) is 6.35. The molecule has 6 nitrogen and oxygen atoms in total. The Morgan fingerprint density at radius 2 is 1.55 bits per heavy atom. The summed E-state index contributed by atoms with van der Waals surface area (Å²) in [5.74, 6) is -0.416. The standard InChI is InChI=1S/C27H23NO5/c29-16-18-8-1-6-14-25(18)33-26(30)24-13-7-15-28(24)27(31)32-17-23-21-11-4-2-9-19(21)20-10-3-5-12-22(20)23/h1-6,8-12,14,16,23-24H,7,13,15,17H2/t24-/m0/s1. The molecule has 1 fully saturated rings. The molecule has 0 spiro atoms. The summed E-state index contributed by atoms with van der Waals surface area (Å²) in [6, 6.07) is 22.1. The molecule has 0 saturated carbocycles. The number of nitrogens with zero attached hydrogens (tertiary/aromatic N) is 1. The molecule has 6 heteroatoms. The first-order valence-corrected chi connectivity index (χ1v) is 11.0. The molecule has 3 aromatic rings. The number of benzene rings is 3. The molecular weight excluding hydrogens is 418 g/mol. The number of esters is 1. The molecular formula is C27H23NO5. The average molecular weight is 441 g/mol. The number of carbonyl (C=O) groups excluding carboxylic acids is 3. The van der Waals surface area contributed by atoms with Crippen LogP contribution in [0.1, 0.15) is 40.2 Å². The lowest BCUT2D eigenvalue weighted by molar-refractivity contribution is -0.139. The number of carbonyl (C=O) groups is 3. The van der Waals surface area contributed by atoms with Crippen molar-refractivity contribution in [1.29, 1.82) is 0 Å². The van der Waals surface area contributed by atoms with E-state index in [-0.39, 0.29) is 23.8 Å². The zero-order valence-electron chi connectivity index (χ0n) is 18.0. The molecule has 33 heavy (non-hydrogen) atoms. The minimum atomic E-state index is -0.736. The Morgan fingerprint density at radius 1 is 0.909 bits per heavy atom. The second-order valence-electron chi connectivity index (χ2n) is 8.23. The Bertz CT molecular complexity index is 1170. The molecule has 1 atom stereocenters. The summed E-state index contributed by atoms with van der Waals surface area (Å²) in [5, 5.41) is 0. The molecule has 2 aliphatic rings. The van der Waals surface area contributed by atoms with Gasteiger partial charge in [0.2, 0.25) is 0 Å². The summed E-state index contributed by atoms with van der Waals surface area (Å²) in [4.78, 5) is 38.4. The summed E-state index contributed by atoms with van der Waals surface area (Å²) in [7, 11) is 0. The van der Waals surface area contributed by atoms with Crippen molar-refractivity contribution in [3.63, 3.8) is 0 Å². The maximum atomic E-state index is 13.0. The molecule has 0 bridgehead atoms. The van der Waals surface area contributed by atoms with E-state index in [2.05, 4.69) is 24.3 Å². The smallest absolute Gasteiger partial charge is 0.410 e. The molecule has 1 aliphatic carbocycles. The number of hydrogen-bond acceptors (Lipinski definition) is 5. The fourth-order valence-electron chi connectivity index (χ4n) is 4.75. The second kappa shape index (κ2) is 8.90. The van der Waals surface area contributed by atoms with Crippen LogP contribution in [0.3, 0.4) is 0 Å². The second-order valence-corrected chi connectivity index (χ2v) is 8.23. The van der Waals surface area contributed by atoms with Crippen LogP contribution in [0.25, 0.3) is 11.1 Å². The highest BCUT2D eigenvalue weighted by atomic mass is 16.6. The van der Waals surface area contributed by atoms with Gasteiger partial charge < -0.3 is 9.47 Å². The lowest BCUT2D eigenvalue weighted by Crippen LogP contribution is -2.43. The van der Waals surface area contributed by atoms with Gasteiger partial charge in [0.1, 0.15) is 18.4 Å². The SMILES string of the molecule is O=Cc1ccccc1OC(=O)[C@@H]1CCCN1C(=O)OCC1c2ccccc2-c2ccccc21. The Kier molecular flexibility index (Phi) is 5.65. The average Bonchev–Trinajstić information content (AvgIpc) is 3.47. The van der Waals surface area contributed by atoms with Gasteiger partial charge in [-0.15, -0.1) is 0 Å². The number of fused-ring (bicyclic) bond motifs is 3. The van der Waals surface area contributed by atoms with Gasteiger partial charge in [-0.3, -0.25) is 9.69 Å². The maximum Gasteiger partial charge on any atom is 0.410 e. The Balaban J connectivity index is 1.28. The first-order chi connectivity index (χ1) is 16.2. The number of likely N-dealkylation sites (tertiary alicyclic amines) is 1. The lowest BCUT2D eigenvalue weighted by atomic mass is 9.98. The van der Waals surface area contributed by atoms with Gasteiger partial charge in [-0.2, -0.15) is 0 Å². The van der Waals surface area contributed by atoms with Crippen molar-refractivity contribution >= 4 is 18.3 Å². The van der Waals surface area contributed by atoms with Crippen molar-refractivity contribution in [2.45, 2.75) is 24.8 Å². The van der Waals surface area contributed by atoms with Crippen LogP contribution in [0.15, 0.2) is 72.8 Å². The Hall–Kier alpha value is -3.93. The molecule has 0 N–H and O–H groups in total. The third-order valence-electron chi connectivity index (χ3n) is 6.35. The Labute approximate surface area is 191 Å². The van der Waals surface area contributed by atoms with E-state index in [0.717, 1.165) is 22.3 Å². The molecule has 3 aromatic carbocycles. The zero-order valence-corrected chi connectivity index (χ0v) is 18.0. The van der Waals surface area contributed by atoms with Gasteiger partial charge in [0, 0.05) is 12.5 Å². The van der Waals surface area contributed by atoms with Crippen LogP contribution < -0.4 is 4.74 Å². The predicted molar refractivity (Wildman–Crippen MR) is 122 cm³/mol. The molecule has 1 amide bonds. The minimum Gasteiger partial charge on any atom is -0.448 e. The van der Waals surface area contributed by atoms with Crippen LogP contribution >= 0.6 is 0 Å². The highest BCUT2D eigenvalue weighted by Crippen LogP contribution is 2.44. The van der Waals surface area contributed by atoms with E-state index in [1.165, 1.54) is 4.90 Å². The third kappa shape index (κ3) is 3.89. The van der Waals surface area contributed by atoms with Gasteiger partial charge in [-0.25, -0.2) is 9.59 Å². The molecule has 5 rings (SSSR count). The van der Waals surface area contributed by atoms with Crippen molar-refractivity contribution < 1.29 is 23.9 Å². The summed E-state index contributed by atoms with van der Waals surface area (Å²) in [6.45, 7) is 0.616. The van der Waals surface area contributed by atoms with Crippen LogP contribution in [0, 0.1) is 0 Å². The molecule has 1 saturated heterocycles. The number of aldehydes is 1. The van der Waals surface area contributed by atoms with E-state index >= 15 is 0 Å². The number of amides is 1. The van der Waals surface area contributed by atoms with Crippen LogP contribution in [-0.4, -0.2) is 42.4 Å². The van der Waals surface area contributed by atoms with E-state index in [1.54, 1.807) is 24.3 Å². The van der Waals surface area contributed by atoms with E-state index < -0.39 is 18.1 Å². The van der Waals surface area contributed by atoms with Crippen LogP contribution in [0.2, 0.25) is 0 Å². The number of para-hydroxylation sites is 1. The molecule has 0 radical (unpaired) electrons. The fraction of sp³-hybridized carbons (Fsp3) is 0.222.